The van der Waals surface area contributed by atoms with E-state index in [0.717, 1.165) is 24.9 Å². The van der Waals surface area contributed by atoms with Crippen molar-refractivity contribution in [1.82, 2.24) is 25.9 Å². The van der Waals surface area contributed by atoms with Crippen molar-refractivity contribution in [2.24, 2.45) is 0 Å². The summed E-state index contributed by atoms with van der Waals surface area (Å²) in [5.41, 5.74) is 2.65. The van der Waals surface area contributed by atoms with Crippen molar-refractivity contribution in [1.29, 1.82) is 0 Å². The number of benzene rings is 2. The lowest BCUT2D eigenvalue weighted by molar-refractivity contribution is -0.123. The molecule has 176 valence electrons. The molecule has 2 amide bonds. The van der Waals surface area contributed by atoms with Gasteiger partial charge < -0.3 is 16.0 Å². The molecule has 7 heteroatoms. The lowest BCUT2D eigenvalue weighted by Gasteiger charge is -2.18. The molecule has 1 aromatic heterocycles. The molecule has 0 aliphatic heterocycles. The highest BCUT2D eigenvalue weighted by Crippen LogP contribution is 2.40. The maximum Gasteiger partial charge on any atom is 0.270 e. The van der Waals surface area contributed by atoms with Gasteiger partial charge in [0.1, 0.15) is 18.1 Å². The molecule has 3 unspecified atom stereocenters. The molecule has 0 spiro atoms. The minimum atomic E-state index is -0.621. The zero-order valence-electron chi connectivity index (χ0n) is 19.2. The van der Waals surface area contributed by atoms with Gasteiger partial charge in [0.05, 0.1) is 0 Å². The summed E-state index contributed by atoms with van der Waals surface area (Å²) in [6, 6.07) is 21.8. The normalized spacial score (nSPS) is 17.5. The van der Waals surface area contributed by atoms with Gasteiger partial charge in [-0.1, -0.05) is 60.7 Å². The molecule has 1 heterocycles. The van der Waals surface area contributed by atoms with Crippen LogP contribution >= 0.6 is 0 Å². The quantitative estimate of drug-likeness (QED) is 0.363. The van der Waals surface area contributed by atoms with Crippen LogP contribution in [0.2, 0.25) is 0 Å². The molecule has 3 aromatic rings. The van der Waals surface area contributed by atoms with Crippen LogP contribution in [0.15, 0.2) is 79.3 Å². The first kappa shape index (κ1) is 23.6. The molecule has 34 heavy (non-hydrogen) atoms. The van der Waals surface area contributed by atoms with Crippen molar-refractivity contribution in [3.63, 3.8) is 0 Å². The van der Waals surface area contributed by atoms with Crippen LogP contribution in [0.1, 0.15) is 53.2 Å². The maximum atomic E-state index is 12.9. The summed E-state index contributed by atoms with van der Waals surface area (Å²) in [6.45, 7) is 1.32. The third-order valence-electron chi connectivity index (χ3n) is 6.09. The third-order valence-corrected chi connectivity index (χ3v) is 6.09. The van der Waals surface area contributed by atoms with Crippen molar-refractivity contribution in [3.8, 4) is 0 Å². The molecule has 2 aromatic carbocycles. The van der Waals surface area contributed by atoms with Crippen LogP contribution in [0.25, 0.3) is 0 Å². The van der Waals surface area contributed by atoms with Gasteiger partial charge in [0.2, 0.25) is 5.91 Å². The van der Waals surface area contributed by atoms with Crippen LogP contribution < -0.4 is 16.0 Å². The molecule has 0 bridgehead atoms. The molecule has 4 rings (SSSR count). The molecular formula is C27H31N5O2. The molecule has 0 saturated heterocycles. The highest BCUT2D eigenvalue weighted by atomic mass is 16.2. The van der Waals surface area contributed by atoms with Crippen LogP contribution in [0.3, 0.4) is 0 Å². The Bertz CT molecular complexity index is 1050. The van der Waals surface area contributed by atoms with E-state index in [-0.39, 0.29) is 17.5 Å². The fraction of sp³-hybridized carbons (Fsp3) is 0.333. The summed E-state index contributed by atoms with van der Waals surface area (Å²) in [4.78, 5) is 33.3. The second-order valence-electron chi connectivity index (χ2n) is 8.63. The lowest BCUT2D eigenvalue weighted by atomic mass is 10.1. The summed E-state index contributed by atoms with van der Waals surface area (Å²) in [5, 5.41) is 9.41. The summed E-state index contributed by atoms with van der Waals surface area (Å²) < 4.78 is 0. The van der Waals surface area contributed by atoms with E-state index >= 15 is 0 Å². The van der Waals surface area contributed by atoms with Gasteiger partial charge >= 0.3 is 0 Å². The molecule has 1 aliphatic rings. The van der Waals surface area contributed by atoms with Gasteiger partial charge in [-0.25, -0.2) is 9.97 Å². The van der Waals surface area contributed by atoms with Gasteiger partial charge in [0, 0.05) is 24.7 Å². The predicted octanol–water partition coefficient (Wildman–Crippen LogP) is 3.21. The van der Waals surface area contributed by atoms with E-state index in [4.69, 9.17) is 0 Å². The summed E-state index contributed by atoms with van der Waals surface area (Å²) >= 11 is 0. The van der Waals surface area contributed by atoms with Crippen molar-refractivity contribution in [2.75, 3.05) is 6.54 Å². The third kappa shape index (κ3) is 6.96. The fourth-order valence-corrected chi connectivity index (χ4v) is 4.08. The fourth-order valence-electron chi connectivity index (χ4n) is 4.08. The lowest BCUT2D eigenvalue weighted by Crippen LogP contribution is -2.46. The number of unbranched alkanes of at least 4 members (excludes halogenated alkanes) is 1. The number of hydrogen-bond donors (Lipinski definition) is 3. The van der Waals surface area contributed by atoms with E-state index in [1.807, 2.05) is 36.4 Å². The Balaban J connectivity index is 1.24. The molecule has 7 nitrogen and oxygen atoms in total. The Hall–Kier alpha value is -3.58. The molecule has 1 saturated carbocycles. The predicted molar refractivity (Wildman–Crippen MR) is 131 cm³/mol. The molecule has 1 aliphatic carbocycles. The minimum Gasteiger partial charge on any atom is -0.350 e. The Labute approximate surface area is 200 Å². The number of aromatic nitrogens is 2. The van der Waals surface area contributed by atoms with E-state index in [1.165, 1.54) is 30.6 Å². The molecule has 0 radical (unpaired) electrons. The van der Waals surface area contributed by atoms with E-state index < -0.39 is 6.04 Å². The summed E-state index contributed by atoms with van der Waals surface area (Å²) in [6.07, 6.45) is 6.33. The highest BCUT2D eigenvalue weighted by Gasteiger charge is 2.37. The number of nitrogens with zero attached hydrogens (tertiary/aromatic N) is 2. The van der Waals surface area contributed by atoms with Gasteiger partial charge in [-0.05, 0) is 49.4 Å². The SMILES string of the molecule is O=C(NC(CCCCNC1CC1c1ccccc1)C(=O)NCc1ccccc1)c1ccncn1. The number of hydrogen-bond acceptors (Lipinski definition) is 5. The van der Waals surface area contributed by atoms with Gasteiger partial charge in [0.15, 0.2) is 0 Å². The monoisotopic (exact) mass is 457 g/mol. The van der Waals surface area contributed by atoms with Crippen LogP contribution in [0.4, 0.5) is 0 Å². The van der Waals surface area contributed by atoms with Crippen LogP contribution in [-0.2, 0) is 11.3 Å². The van der Waals surface area contributed by atoms with Crippen LogP contribution in [0.5, 0.6) is 0 Å². The number of carbonyl (C=O) groups excluding carboxylic acids is 2. The zero-order valence-corrected chi connectivity index (χ0v) is 19.2. The van der Waals surface area contributed by atoms with E-state index in [2.05, 4.69) is 50.2 Å². The maximum absolute atomic E-state index is 12.9. The first-order valence-corrected chi connectivity index (χ1v) is 11.9. The zero-order chi connectivity index (χ0) is 23.6. The van der Waals surface area contributed by atoms with Crippen LogP contribution in [0, 0.1) is 0 Å². The minimum absolute atomic E-state index is 0.189. The number of nitrogens with one attached hydrogen (secondary N) is 3. The Morgan fingerprint density at radius 2 is 1.74 bits per heavy atom. The Morgan fingerprint density at radius 3 is 2.47 bits per heavy atom. The highest BCUT2D eigenvalue weighted by molar-refractivity contribution is 5.95. The Morgan fingerprint density at radius 1 is 0.971 bits per heavy atom. The topological polar surface area (TPSA) is 96.0 Å². The average molecular weight is 458 g/mol. The first-order valence-electron chi connectivity index (χ1n) is 11.9. The number of rotatable bonds is 12. The van der Waals surface area contributed by atoms with E-state index in [9.17, 15) is 9.59 Å². The van der Waals surface area contributed by atoms with Crippen molar-refractivity contribution in [3.05, 3.63) is 96.1 Å². The van der Waals surface area contributed by atoms with Crippen molar-refractivity contribution >= 4 is 11.8 Å². The van der Waals surface area contributed by atoms with Gasteiger partial charge in [-0.3, -0.25) is 9.59 Å². The van der Waals surface area contributed by atoms with Crippen molar-refractivity contribution in [2.45, 2.75) is 50.2 Å². The van der Waals surface area contributed by atoms with E-state index in [0.29, 0.717) is 24.9 Å². The number of carbonyl (C=O) groups is 2. The molecular weight excluding hydrogens is 426 g/mol. The molecule has 1 fully saturated rings. The summed E-state index contributed by atoms with van der Waals surface area (Å²) in [5.74, 6) is 0.0412. The average Bonchev–Trinajstić information content (AvgIpc) is 3.67. The summed E-state index contributed by atoms with van der Waals surface area (Å²) in [7, 11) is 0. The Kier molecular flexibility index (Phi) is 8.35. The van der Waals surface area contributed by atoms with E-state index in [1.54, 1.807) is 0 Å². The smallest absolute Gasteiger partial charge is 0.270 e. The second kappa shape index (κ2) is 12.0. The molecule has 3 atom stereocenters. The van der Waals surface area contributed by atoms with Crippen LogP contribution in [-0.4, -0.2) is 40.4 Å². The van der Waals surface area contributed by atoms with Gasteiger partial charge in [-0.2, -0.15) is 0 Å². The standard InChI is InChI=1S/C27H31N5O2/c33-26(30-18-20-9-3-1-4-10-20)24(32-27(34)23-14-16-28-19-31-23)13-7-8-15-29-25-17-22(25)21-11-5-2-6-12-21/h1-6,9-12,14,16,19,22,24-25,29H,7-8,13,15,17-18H2,(H,30,33)(H,32,34). The largest absolute Gasteiger partial charge is 0.350 e. The first-order chi connectivity index (χ1) is 16.7. The van der Waals surface area contributed by atoms with Crippen molar-refractivity contribution < 1.29 is 9.59 Å². The molecule has 3 N–H and O–H groups in total. The number of amides is 2. The van der Waals surface area contributed by atoms with Gasteiger partial charge in [0.25, 0.3) is 5.91 Å². The second-order valence-corrected chi connectivity index (χ2v) is 8.63. The van der Waals surface area contributed by atoms with Gasteiger partial charge in [-0.15, -0.1) is 0 Å².